The van der Waals surface area contributed by atoms with Crippen molar-refractivity contribution in [1.82, 2.24) is 20.1 Å². The molecule has 0 spiro atoms. The van der Waals surface area contributed by atoms with E-state index in [1.807, 2.05) is 12.4 Å². The molecule has 1 aromatic rings. The number of hydrogen-bond acceptors (Lipinski definition) is 5. The van der Waals surface area contributed by atoms with E-state index in [1.54, 1.807) is 0 Å². The molecule has 3 rings (SSSR count). The van der Waals surface area contributed by atoms with Crippen LogP contribution in [0.2, 0.25) is 0 Å². The average molecular weight is 318 g/mol. The van der Waals surface area contributed by atoms with Gasteiger partial charge in [0.15, 0.2) is 0 Å². The smallest absolute Gasteiger partial charge is 0.0564 e. The Hall–Kier alpha value is -1.01. The van der Waals surface area contributed by atoms with Gasteiger partial charge in [0, 0.05) is 63.7 Å². The van der Waals surface area contributed by atoms with E-state index in [-0.39, 0.29) is 6.10 Å². The van der Waals surface area contributed by atoms with Crippen LogP contribution in [0.5, 0.6) is 0 Å². The number of likely N-dealkylation sites (tertiary alicyclic amines) is 1. The zero-order valence-corrected chi connectivity index (χ0v) is 14.2. The van der Waals surface area contributed by atoms with Crippen molar-refractivity contribution >= 4 is 0 Å². The molecule has 0 aliphatic carbocycles. The van der Waals surface area contributed by atoms with Crippen molar-refractivity contribution in [3.63, 3.8) is 0 Å². The van der Waals surface area contributed by atoms with Gasteiger partial charge < -0.3 is 15.3 Å². The van der Waals surface area contributed by atoms with E-state index in [2.05, 4.69) is 39.2 Å². The van der Waals surface area contributed by atoms with Crippen molar-refractivity contribution in [2.45, 2.75) is 44.4 Å². The monoisotopic (exact) mass is 318 g/mol. The van der Waals surface area contributed by atoms with E-state index in [4.69, 9.17) is 0 Å². The number of aromatic nitrogens is 1. The molecule has 128 valence electrons. The minimum absolute atomic E-state index is 0.104. The van der Waals surface area contributed by atoms with E-state index in [0.717, 1.165) is 52.1 Å². The Bertz CT molecular complexity index is 461. The van der Waals surface area contributed by atoms with Gasteiger partial charge in [0.05, 0.1) is 6.10 Å². The molecule has 1 aromatic heterocycles. The lowest BCUT2D eigenvalue weighted by atomic mass is 9.99. The average Bonchev–Trinajstić information content (AvgIpc) is 2.62. The highest BCUT2D eigenvalue weighted by Gasteiger charge is 2.31. The molecule has 5 heteroatoms. The van der Waals surface area contributed by atoms with Gasteiger partial charge in [0.25, 0.3) is 0 Å². The first-order valence-corrected chi connectivity index (χ1v) is 9.04. The number of rotatable bonds is 5. The van der Waals surface area contributed by atoms with Gasteiger partial charge in [-0.1, -0.05) is 6.92 Å². The van der Waals surface area contributed by atoms with Crippen molar-refractivity contribution in [3.8, 4) is 0 Å². The van der Waals surface area contributed by atoms with Crippen molar-refractivity contribution in [2.24, 2.45) is 0 Å². The summed E-state index contributed by atoms with van der Waals surface area (Å²) in [6.07, 6.45) is 6.70. The molecular weight excluding hydrogens is 288 g/mol. The second-order valence-electron chi connectivity index (χ2n) is 6.83. The van der Waals surface area contributed by atoms with E-state index in [0.29, 0.717) is 12.1 Å². The number of piperazine rings is 1. The zero-order chi connectivity index (χ0) is 16.1. The molecule has 2 aliphatic rings. The van der Waals surface area contributed by atoms with Gasteiger partial charge in [-0.05, 0) is 37.0 Å². The number of piperidine rings is 1. The van der Waals surface area contributed by atoms with Crippen LogP contribution in [0, 0.1) is 0 Å². The van der Waals surface area contributed by atoms with Gasteiger partial charge in [0.1, 0.15) is 0 Å². The number of pyridine rings is 1. The molecule has 2 aliphatic heterocycles. The third-order valence-corrected chi connectivity index (χ3v) is 5.35. The molecule has 0 aromatic carbocycles. The largest absolute Gasteiger partial charge is 0.393 e. The summed E-state index contributed by atoms with van der Waals surface area (Å²) in [6.45, 7) is 8.59. The predicted molar refractivity (Wildman–Crippen MR) is 92.3 cm³/mol. The summed E-state index contributed by atoms with van der Waals surface area (Å²) in [5, 5.41) is 13.3. The Labute approximate surface area is 139 Å². The van der Waals surface area contributed by atoms with Gasteiger partial charge in [-0.2, -0.15) is 0 Å². The molecule has 0 bridgehead atoms. The SMILES string of the molecule is CCC1CNCCN1C(CN1CCC(O)CC1)c1ccncc1. The maximum Gasteiger partial charge on any atom is 0.0564 e. The van der Waals surface area contributed by atoms with E-state index >= 15 is 0 Å². The molecule has 5 nitrogen and oxygen atoms in total. The first kappa shape index (κ1) is 16.8. The fraction of sp³-hybridized carbons (Fsp3) is 0.722. The third kappa shape index (κ3) is 4.29. The fourth-order valence-corrected chi connectivity index (χ4v) is 3.90. The van der Waals surface area contributed by atoms with Crippen LogP contribution in [0.25, 0.3) is 0 Å². The summed E-state index contributed by atoms with van der Waals surface area (Å²) in [5.41, 5.74) is 1.37. The molecule has 2 atom stereocenters. The first-order chi connectivity index (χ1) is 11.3. The van der Waals surface area contributed by atoms with Crippen LogP contribution in [-0.2, 0) is 0 Å². The van der Waals surface area contributed by atoms with Crippen molar-refractivity contribution in [2.75, 3.05) is 39.3 Å². The Balaban J connectivity index is 1.76. The Morgan fingerprint density at radius 1 is 1.26 bits per heavy atom. The molecule has 23 heavy (non-hydrogen) atoms. The lowest BCUT2D eigenvalue weighted by Gasteiger charge is -2.44. The Kier molecular flexibility index (Phi) is 6.00. The summed E-state index contributed by atoms with van der Waals surface area (Å²) in [4.78, 5) is 9.39. The van der Waals surface area contributed by atoms with Crippen molar-refractivity contribution in [1.29, 1.82) is 0 Å². The highest BCUT2D eigenvalue weighted by molar-refractivity contribution is 5.17. The topological polar surface area (TPSA) is 51.6 Å². The molecule has 0 saturated carbocycles. The van der Waals surface area contributed by atoms with Crippen molar-refractivity contribution < 1.29 is 5.11 Å². The number of hydrogen-bond donors (Lipinski definition) is 2. The van der Waals surface area contributed by atoms with Gasteiger partial charge in [0.2, 0.25) is 0 Å². The summed E-state index contributed by atoms with van der Waals surface area (Å²) < 4.78 is 0. The standard InChI is InChI=1S/C18H30N4O/c1-2-16-13-20-9-12-22(16)18(15-3-7-19-8-4-15)14-21-10-5-17(23)6-11-21/h3-4,7-8,16-18,20,23H,2,5-6,9-14H2,1H3. The minimum atomic E-state index is -0.104. The number of nitrogens with zero attached hydrogens (tertiary/aromatic N) is 3. The lowest BCUT2D eigenvalue weighted by molar-refractivity contribution is 0.0417. The van der Waals surface area contributed by atoms with Crippen LogP contribution in [0.1, 0.15) is 37.8 Å². The maximum absolute atomic E-state index is 9.75. The predicted octanol–water partition coefficient (Wildman–Crippen LogP) is 1.26. The number of aliphatic hydroxyl groups excluding tert-OH is 1. The van der Waals surface area contributed by atoms with Crippen LogP contribution >= 0.6 is 0 Å². The van der Waals surface area contributed by atoms with E-state index in [1.165, 1.54) is 12.0 Å². The molecule has 2 saturated heterocycles. The third-order valence-electron chi connectivity index (χ3n) is 5.35. The van der Waals surface area contributed by atoms with Crippen LogP contribution in [0.4, 0.5) is 0 Å². The quantitative estimate of drug-likeness (QED) is 0.856. The highest BCUT2D eigenvalue weighted by Crippen LogP contribution is 2.27. The second-order valence-corrected chi connectivity index (χ2v) is 6.83. The summed E-state index contributed by atoms with van der Waals surface area (Å²) in [7, 11) is 0. The van der Waals surface area contributed by atoms with Crippen LogP contribution in [0.3, 0.4) is 0 Å². The van der Waals surface area contributed by atoms with Crippen LogP contribution in [-0.4, -0.2) is 71.3 Å². The Morgan fingerprint density at radius 3 is 2.70 bits per heavy atom. The van der Waals surface area contributed by atoms with Crippen LogP contribution in [0.15, 0.2) is 24.5 Å². The van der Waals surface area contributed by atoms with Crippen LogP contribution < -0.4 is 5.32 Å². The van der Waals surface area contributed by atoms with Gasteiger partial charge in [-0.15, -0.1) is 0 Å². The molecule has 3 heterocycles. The normalized spacial score (nSPS) is 26.3. The fourth-order valence-electron chi connectivity index (χ4n) is 3.90. The van der Waals surface area contributed by atoms with E-state index < -0.39 is 0 Å². The second kappa shape index (κ2) is 8.20. The van der Waals surface area contributed by atoms with Gasteiger partial charge in [-0.25, -0.2) is 0 Å². The van der Waals surface area contributed by atoms with Crippen molar-refractivity contribution in [3.05, 3.63) is 30.1 Å². The summed E-state index contributed by atoms with van der Waals surface area (Å²) in [6, 6.07) is 5.34. The Morgan fingerprint density at radius 2 is 2.00 bits per heavy atom. The first-order valence-electron chi connectivity index (χ1n) is 9.04. The molecule has 2 unspecified atom stereocenters. The zero-order valence-electron chi connectivity index (χ0n) is 14.2. The summed E-state index contributed by atoms with van der Waals surface area (Å²) in [5.74, 6) is 0. The molecule has 2 fully saturated rings. The lowest BCUT2D eigenvalue weighted by Crippen LogP contribution is -2.54. The van der Waals surface area contributed by atoms with E-state index in [9.17, 15) is 5.11 Å². The molecular formula is C18H30N4O. The summed E-state index contributed by atoms with van der Waals surface area (Å²) >= 11 is 0. The minimum Gasteiger partial charge on any atom is -0.393 e. The molecule has 0 radical (unpaired) electrons. The number of aliphatic hydroxyl groups is 1. The highest BCUT2D eigenvalue weighted by atomic mass is 16.3. The van der Waals surface area contributed by atoms with Gasteiger partial charge >= 0.3 is 0 Å². The molecule has 0 amide bonds. The molecule has 2 N–H and O–H groups in total. The maximum atomic E-state index is 9.75. The van der Waals surface area contributed by atoms with Gasteiger partial charge in [-0.3, -0.25) is 9.88 Å². The number of nitrogens with one attached hydrogen (secondary N) is 1.